The predicted octanol–water partition coefficient (Wildman–Crippen LogP) is 1.33. The molecule has 0 bridgehead atoms. The normalized spacial score (nSPS) is 18.1. The van der Waals surface area contributed by atoms with E-state index in [1.807, 2.05) is 6.92 Å². The molecule has 2 N–H and O–H groups in total. The molecular formula is C9H12N2O2S. The Morgan fingerprint density at radius 1 is 1.79 bits per heavy atom. The van der Waals surface area contributed by atoms with Crippen molar-refractivity contribution in [3.05, 3.63) is 16.1 Å². The minimum atomic E-state index is -0.816. The summed E-state index contributed by atoms with van der Waals surface area (Å²) in [6, 6.07) is -0.187. The van der Waals surface area contributed by atoms with E-state index in [0.29, 0.717) is 6.04 Å². The summed E-state index contributed by atoms with van der Waals surface area (Å²) in [6.45, 7) is 1.84. The predicted molar refractivity (Wildman–Crippen MR) is 53.4 cm³/mol. The van der Waals surface area contributed by atoms with Gasteiger partial charge in [-0.2, -0.15) is 0 Å². The first-order chi connectivity index (χ1) is 6.68. The first-order valence-electron chi connectivity index (χ1n) is 4.57. The SMILES string of the molecule is Cc1ncsc1C(NC1CC1)C(=O)O. The van der Waals surface area contributed by atoms with E-state index in [9.17, 15) is 4.79 Å². The van der Waals surface area contributed by atoms with Gasteiger partial charge in [0.05, 0.1) is 16.1 Å². The fourth-order valence-corrected chi connectivity index (χ4v) is 2.19. The van der Waals surface area contributed by atoms with Gasteiger partial charge in [0.15, 0.2) is 0 Å². The van der Waals surface area contributed by atoms with Gasteiger partial charge in [0.1, 0.15) is 6.04 Å². The number of rotatable bonds is 4. The quantitative estimate of drug-likeness (QED) is 0.790. The second-order valence-corrected chi connectivity index (χ2v) is 4.40. The summed E-state index contributed by atoms with van der Waals surface area (Å²) < 4.78 is 0. The molecule has 0 spiro atoms. The largest absolute Gasteiger partial charge is 0.480 e. The molecular weight excluding hydrogens is 200 g/mol. The van der Waals surface area contributed by atoms with Crippen molar-refractivity contribution in [2.75, 3.05) is 0 Å². The van der Waals surface area contributed by atoms with Gasteiger partial charge in [0.2, 0.25) is 0 Å². The topological polar surface area (TPSA) is 62.2 Å². The number of carboxylic acids is 1. The lowest BCUT2D eigenvalue weighted by Crippen LogP contribution is -2.29. The third-order valence-electron chi connectivity index (χ3n) is 2.27. The summed E-state index contributed by atoms with van der Waals surface area (Å²) in [6.07, 6.45) is 2.17. The molecule has 2 rings (SSSR count). The highest BCUT2D eigenvalue weighted by atomic mass is 32.1. The van der Waals surface area contributed by atoms with Gasteiger partial charge in [0, 0.05) is 6.04 Å². The van der Waals surface area contributed by atoms with Crippen molar-refractivity contribution in [3.8, 4) is 0 Å². The number of aryl methyl sites for hydroxylation is 1. The molecule has 1 atom stereocenters. The van der Waals surface area contributed by atoms with Gasteiger partial charge in [-0.3, -0.25) is 10.1 Å². The number of nitrogens with one attached hydrogen (secondary N) is 1. The van der Waals surface area contributed by atoms with Crippen molar-refractivity contribution in [3.63, 3.8) is 0 Å². The number of hydrogen-bond donors (Lipinski definition) is 2. The van der Waals surface area contributed by atoms with Crippen LogP contribution >= 0.6 is 11.3 Å². The van der Waals surface area contributed by atoms with Crippen LogP contribution in [0.4, 0.5) is 0 Å². The van der Waals surface area contributed by atoms with Gasteiger partial charge in [-0.25, -0.2) is 4.98 Å². The zero-order valence-corrected chi connectivity index (χ0v) is 8.67. The lowest BCUT2D eigenvalue weighted by atomic mass is 10.2. The second-order valence-electron chi connectivity index (χ2n) is 3.51. The van der Waals surface area contributed by atoms with Crippen molar-refractivity contribution in [2.45, 2.75) is 31.8 Å². The Morgan fingerprint density at radius 2 is 2.50 bits per heavy atom. The highest BCUT2D eigenvalue weighted by Gasteiger charge is 2.31. The van der Waals surface area contributed by atoms with E-state index in [4.69, 9.17) is 5.11 Å². The molecule has 1 unspecified atom stereocenters. The summed E-state index contributed by atoms with van der Waals surface area (Å²) in [7, 11) is 0. The number of carbonyl (C=O) groups is 1. The first kappa shape index (κ1) is 9.61. The molecule has 0 aliphatic heterocycles. The Balaban J connectivity index is 2.16. The number of aliphatic carboxylic acids is 1. The number of carboxylic acid groups (broad SMARTS) is 1. The van der Waals surface area contributed by atoms with Gasteiger partial charge in [0.25, 0.3) is 0 Å². The average Bonchev–Trinajstić information content (AvgIpc) is 2.85. The Morgan fingerprint density at radius 3 is 2.93 bits per heavy atom. The van der Waals surface area contributed by atoms with Crippen molar-refractivity contribution in [2.24, 2.45) is 0 Å². The molecule has 1 saturated carbocycles. The highest BCUT2D eigenvalue weighted by molar-refractivity contribution is 7.10. The lowest BCUT2D eigenvalue weighted by molar-refractivity contribution is -0.139. The maximum Gasteiger partial charge on any atom is 0.326 e. The molecule has 0 saturated heterocycles. The van der Waals surface area contributed by atoms with Crippen molar-refractivity contribution in [1.29, 1.82) is 0 Å². The third kappa shape index (κ3) is 1.93. The van der Waals surface area contributed by atoms with E-state index in [1.54, 1.807) is 5.51 Å². The number of aromatic nitrogens is 1. The lowest BCUT2D eigenvalue weighted by Gasteiger charge is -2.12. The van der Waals surface area contributed by atoms with E-state index in [0.717, 1.165) is 23.4 Å². The van der Waals surface area contributed by atoms with Crippen molar-refractivity contribution in [1.82, 2.24) is 10.3 Å². The monoisotopic (exact) mass is 212 g/mol. The van der Waals surface area contributed by atoms with E-state index in [-0.39, 0.29) is 0 Å². The maximum absolute atomic E-state index is 11.0. The number of hydrogen-bond acceptors (Lipinski definition) is 4. The molecule has 0 amide bonds. The number of nitrogens with zero attached hydrogens (tertiary/aromatic N) is 1. The molecule has 76 valence electrons. The van der Waals surface area contributed by atoms with E-state index in [2.05, 4.69) is 10.3 Å². The molecule has 1 aromatic rings. The molecule has 0 aromatic carbocycles. The summed E-state index contributed by atoms with van der Waals surface area (Å²) in [5.74, 6) is -0.816. The molecule has 1 aliphatic rings. The first-order valence-corrected chi connectivity index (χ1v) is 5.45. The van der Waals surface area contributed by atoms with Crippen LogP contribution in [0, 0.1) is 6.92 Å². The molecule has 1 heterocycles. The Bertz CT molecular complexity index is 346. The Hall–Kier alpha value is -0.940. The van der Waals surface area contributed by atoms with Crippen molar-refractivity contribution < 1.29 is 9.90 Å². The highest BCUT2D eigenvalue weighted by Crippen LogP contribution is 2.27. The summed E-state index contributed by atoms with van der Waals surface area (Å²) in [5, 5.41) is 12.2. The molecule has 4 nitrogen and oxygen atoms in total. The summed E-state index contributed by atoms with van der Waals surface area (Å²) in [5.41, 5.74) is 2.50. The maximum atomic E-state index is 11.0. The third-order valence-corrected chi connectivity index (χ3v) is 3.27. The smallest absolute Gasteiger partial charge is 0.326 e. The van der Waals surface area contributed by atoms with E-state index in [1.165, 1.54) is 11.3 Å². The Labute approximate surface area is 86.0 Å². The molecule has 1 aromatic heterocycles. The molecule has 1 aliphatic carbocycles. The molecule has 14 heavy (non-hydrogen) atoms. The van der Waals surface area contributed by atoms with Crippen LogP contribution in [-0.2, 0) is 4.79 Å². The van der Waals surface area contributed by atoms with E-state index >= 15 is 0 Å². The van der Waals surface area contributed by atoms with Crippen LogP contribution in [0.15, 0.2) is 5.51 Å². The average molecular weight is 212 g/mol. The van der Waals surface area contributed by atoms with Crippen LogP contribution in [0.3, 0.4) is 0 Å². The molecule has 0 radical (unpaired) electrons. The van der Waals surface area contributed by atoms with Crippen LogP contribution in [0.1, 0.15) is 29.5 Å². The van der Waals surface area contributed by atoms with Gasteiger partial charge in [-0.1, -0.05) is 0 Å². The summed E-state index contributed by atoms with van der Waals surface area (Å²) in [4.78, 5) is 15.9. The zero-order valence-electron chi connectivity index (χ0n) is 7.86. The fourth-order valence-electron chi connectivity index (χ4n) is 1.33. The molecule has 5 heteroatoms. The molecule has 1 fully saturated rings. The van der Waals surface area contributed by atoms with Crippen LogP contribution < -0.4 is 5.32 Å². The van der Waals surface area contributed by atoms with Crippen LogP contribution in [-0.4, -0.2) is 22.1 Å². The minimum Gasteiger partial charge on any atom is -0.480 e. The Kier molecular flexibility index (Phi) is 2.52. The zero-order chi connectivity index (χ0) is 10.1. The van der Waals surface area contributed by atoms with E-state index < -0.39 is 12.0 Å². The fraction of sp³-hybridized carbons (Fsp3) is 0.556. The summed E-state index contributed by atoms with van der Waals surface area (Å²) >= 11 is 1.40. The van der Waals surface area contributed by atoms with Crippen LogP contribution in [0.5, 0.6) is 0 Å². The second kappa shape index (κ2) is 3.67. The number of thiazole rings is 1. The van der Waals surface area contributed by atoms with Crippen molar-refractivity contribution >= 4 is 17.3 Å². The van der Waals surface area contributed by atoms with Gasteiger partial charge in [-0.15, -0.1) is 11.3 Å². The van der Waals surface area contributed by atoms with Crippen LogP contribution in [0.2, 0.25) is 0 Å². The standard InChI is InChI=1S/C9H12N2O2S/c1-5-8(14-4-10-5)7(9(12)13)11-6-2-3-6/h4,6-7,11H,2-3H2,1H3,(H,12,13). The van der Waals surface area contributed by atoms with Gasteiger partial charge < -0.3 is 5.11 Å². The van der Waals surface area contributed by atoms with Gasteiger partial charge >= 0.3 is 5.97 Å². The van der Waals surface area contributed by atoms with Crippen LogP contribution in [0.25, 0.3) is 0 Å². The minimum absolute atomic E-state index is 0.387. The van der Waals surface area contributed by atoms with Gasteiger partial charge in [-0.05, 0) is 19.8 Å².